The second-order valence-electron chi connectivity index (χ2n) is 11.1. The Labute approximate surface area is 266 Å². The molecule has 10 heteroatoms. The van der Waals surface area contributed by atoms with Crippen LogP contribution >= 0.6 is 0 Å². The van der Waals surface area contributed by atoms with Crippen molar-refractivity contribution in [2.45, 2.75) is 25.5 Å². The molecule has 45 heavy (non-hydrogen) atoms. The highest BCUT2D eigenvalue weighted by Gasteiger charge is 2.28. The number of para-hydroxylation sites is 1. The van der Waals surface area contributed by atoms with Crippen molar-refractivity contribution in [3.05, 3.63) is 72.3 Å². The van der Waals surface area contributed by atoms with Crippen molar-refractivity contribution >= 4 is 17.8 Å². The molecule has 0 bridgehead atoms. The molecule has 0 aliphatic carbocycles. The van der Waals surface area contributed by atoms with E-state index in [1.807, 2.05) is 53.4 Å². The lowest BCUT2D eigenvalue weighted by Gasteiger charge is -2.41. The van der Waals surface area contributed by atoms with E-state index in [1.54, 1.807) is 14.2 Å². The van der Waals surface area contributed by atoms with Crippen molar-refractivity contribution in [1.82, 2.24) is 4.90 Å². The van der Waals surface area contributed by atoms with Crippen molar-refractivity contribution in [2.24, 2.45) is 0 Å². The number of ether oxygens (including phenoxy) is 6. The van der Waals surface area contributed by atoms with Crippen LogP contribution in [0.3, 0.4) is 0 Å². The molecule has 3 aromatic carbocycles. The summed E-state index contributed by atoms with van der Waals surface area (Å²) in [4.78, 5) is 18.1. The molecule has 10 nitrogen and oxygen atoms in total. The van der Waals surface area contributed by atoms with Crippen LogP contribution in [-0.2, 0) is 20.9 Å². The van der Waals surface area contributed by atoms with Gasteiger partial charge in [0, 0.05) is 63.6 Å². The van der Waals surface area contributed by atoms with Gasteiger partial charge in [-0.05, 0) is 48.9 Å². The number of hydrogen-bond donors (Lipinski definition) is 0. The summed E-state index contributed by atoms with van der Waals surface area (Å²) in [7, 11) is 3.40. The van der Waals surface area contributed by atoms with Crippen LogP contribution in [0.5, 0.6) is 23.0 Å². The second kappa shape index (κ2) is 16.8. The minimum Gasteiger partial charge on any atom is -0.496 e. The van der Waals surface area contributed by atoms with E-state index in [-0.39, 0.29) is 6.04 Å². The Bertz CT molecular complexity index is 1340. The molecule has 2 heterocycles. The smallest absolute Gasteiger partial charge is 0.209 e. The minimum atomic E-state index is 0.00111. The molecule has 0 saturated carbocycles. The lowest BCUT2D eigenvalue weighted by Crippen LogP contribution is -2.55. The fourth-order valence-corrected chi connectivity index (χ4v) is 5.71. The fraction of sp³-hybridized carbons (Fsp3) is 0.457. The van der Waals surface area contributed by atoms with Crippen molar-refractivity contribution < 1.29 is 33.2 Å². The predicted octanol–water partition coefficient (Wildman–Crippen LogP) is 4.64. The summed E-state index contributed by atoms with van der Waals surface area (Å²) in [5, 5.41) is 0. The van der Waals surface area contributed by atoms with Gasteiger partial charge in [0.1, 0.15) is 36.2 Å². The number of amides is 1. The highest BCUT2D eigenvalue weighted by atomic mass is 16.5. The SMILES string of the molecule is COCCCN1CCOc2ccc(OCC3CN(C=O)CCN3c3ccc(OCCCOCc4ccccc4OC)cc3)cc21. The Hall–Kier alpha value is -4.15. The van der Waals surface area contributed by atoms with Gasteiger partial charge in [-0.2, -0.15) is 0 Å². The molecular weight excluding hydrogens is 574 g/mol. The first kappa shape index (κ1) is 32.2. The number of benzene rings is 3. The van der Waals surface area contributed by atoms with Crippen LogP contribution in [0.1, 0.15) is 18.4 Å². The van der Waals surface area contributed by atoms with E-state index in [0.29, 0.717) is 46.1 Å². The number of nitrogens with zero attached hydrogens (tertiary/aromatic N) is 3. The maximum absolute atomic E-state index is 11.6. The predicted molar refractivity (Wildman–Crippen MR) is 174 cm³/mol. The van der Waals surface area contributed by atoms with Crippen LogP contribution in [0.2, 0.25) is 0 Å². The molecule has 0 spiro atoms. The molecular formula is C35H45N3O7. The van der Waals surface area contributed by atoms with Gasteiger partial charge in [0.2, 0.25) is 6.41 Å². The van der Waals surface area contributed by atoms with E-state index in [9.17, 15) is 4.79 Å². The summed E-state index contributed by atoms with van der Waals surface area (Å²) in [5.74, 6) is 3.31. The van der Waals surface area contributed by atoms with Gasteiger partial charge < -0.3 is 43.1 Å². The number of anilines is 2. The van der Waals surface area contributed by atoms with Crippen molar-refractivity contribution in [3.8, 4) is 23.0 Å². The summed E-state index contributed by atoms with van der Waals surface area (Å²) in [6, 6.07) is 22.0. The largest absolute Gasteiger partial charge is 0.496 e. The maximum atomic E-state index is 11.6. The third kappa shape index (κ3) is 8.95. The number of methoxy groups -OCH3 is 2. The number of fused-ring (bicyclic) bond motifs is 1. The monoisotopic (exact) mass is 619 g/mol. The maximum Gasteiger partial charge on any atom is 0.209 e. The van der Waals surface area contributed by atoms with E-state index < -0.39 is 0 Å². The fourth-order valence-electron chi connectivity index (χ4n) is 5.71. The van der Waals surface area contributed by atoms with Gasteiger partial charge in [-0.25, -0.2) is 0 Å². The molecule has 3 aromatic rings. The number of piperazine rings is 1. The first-order chi connectivity index (χ1) is 22.2. The minimum absolute atomic E-state index is 0.00111. The zero-order valence-electron chi connectivity index (χ0n) is 26.4. The molecule has 1 atom stereocenters. The Kier molecular flexibility index (Phi) is 12.0. The standard InChI is InChI=1S/C35H45N3O7/c1-40-19-5-15-37-18-22-44-35-14-13-32(23-33(35)37)45-26-30-24-36(27-39)16-17-38(30)29-9-11-31(12-10-29)43-21-6-20-42-25-28-7-3-4-8-34(28)41-2/h3-4,7-14,23,27,30H,5-6,15-22,24-26H2,1-2H3. The topological polar surface area (TPSA) is 82.2 Å². The van der Waals surface area contributed by atoms with Crippen LogP contribution in [0.4, 0.5) is 11.4 Å². The average molecular weight is 620 g/mol. The molecule has 2 aliphatic heterocycles. The van der Waals surface area contributed by atoms with Gasteiger partial charge in [-0.1, -0.05) is 18.2 Å². The van der Waals surface area contributed by atoms with Crippen LogP contribution in [0, 0.1) is 0 Å². The van der Waals surface area contributed by atoms with Crippen LogP contribution in [0.15, 0.2) is 66.7 Å². The summed E-state index contributed by atoms with van der Waals surface area (Å²) < 4.78 is 34.6. The second-order valence-corrected chi connectivity index (χ2v) is 11.1. The molecule has 5 rings (SSSR count). The zero-order chi connectivity index (χ0) is 31.3. The van der Waals surface area contributed by atoms with Gasteiger partial charge in [-0.3, -0.25) is 4.79 Å². The summed E-state index contributed by atoms with van der Waals surface area (Å²) >= 11 is 0. The average Bonchev–Trinajstić information content (AvgIpc) is 3.09. The first-order valence-corrected chi connectivity index (χ1v) is 15.7. The Balaban J connectivity index is 1.12. The first-order valence-electron chi connectivity index (χ1n) is 15.7. The normalized spacial score (nSPS) is 16.1. The van der Waals surface area contributed by atoms with Crippen molar-refractivity contribution in [1.29, 1.82) is 0 Å². The molecule has 0 N–H and O–H groups in total. The van der Waals surface area contributed by atoms with Crippen LogP contribution < -0.4 is 28.7 Å². The van der Waals surface area contributed by atoms with Crippen LogP contribution in [-0.4, -0.2) is 97.3 Å². The van der Waals surface area contributed by atoms with Gasteiger partial charge in [0.25, 0.3) is 0 Å². The van der Waals surface area contributed by atoms with Crippen LogP contribution in [0.25, 0.3) is 0 Å². The summed E-state index contributed by atoms with van der Waals surface area (Å²) in [6.45, 7) is 7.23. The van der Waals surface area contributed by atoms with E-state index in [0.717, 1.165) is 85.4 Å². The van der Waals surface area contributed by atoms with E-state index in [1.165, 1.54) is 0 Å². The lowest BCUT2D eigenvalue weighted by molar-refractivity contribution is -0.119. The van der Waals surface area contributed by atoms with E-state index in [4.69, 9.17) is 28.4 Å². The lowest BCUT2D eigenvalue weighted by atomic mass is 10.1. The van der Waals surface area contributed by atoms with Crippen molar-refractivity contribution in [2.75, 3.05) is 89.8 Å². The molecule has 2 aliphatic rings. The van der Waals surface area contributed by atoms with Gasteiger partial charge in [0.05, 0.1) is 45.2 Å². The van der Waals surface area contributed by atoms with Gasteiger partial charge in [0.15, 0.2) is 0 Å². The quantitative estimate of drug-likeness (QED) is 0.159. The number of rotatable bonds is 17. The summed E-state index contributed by atoms with van der Waals surface area (Å²) in [5.41, 5.74) is 3.15. The Morgan fingerprint density at radius 1 is 0.889 bits per heavy atom. The molecule has 242 valence electrons. The summed E-state index contributed by atoms with van der Waals surface area (Å²) in [6.07, 6.45) is 2.65. The van der Waals surface area contributed by atoms with Gasteiger partial charge >= 0.3 is 0 Å². The molecule has 0 aromatic heterocycles. The molecule has 1 fully saturated rings. The number of carbonyl (C=O) groups excluding carboxylic acids is 1. The number of hydrogen-bond acceptors (Lipinski definition) is 9. The van der Waals surface area contributed by atoms with Gasteiger partial charge in [-0.15, -0.1) is 0 Å². The van der Waals surface area contributed by atoms with Crippen molar-refractivity contribution in [3.63, 3.8) is 0 Å². The highest BCUT2D eigenvalue weighted by Crippen LogP contribution is 2.35. The Morgan fingerprint density at radius 3 is 2.56 bits per heavy atom. The van der Waals surface area contributed by atoms with E-state index >= 15 is 0 Å². The number of carbonyl (C=O) groups is 1. The third-order valence-electron chi connectivity index (χ3n) is 8.09. The third-order valence-corrected chi connectivity index (χ3v) is 8.09. The zero-order valence-corrected chi connectivity index (χ0v) is 26.4. The highest BCUT2D eigenvalue weighted by molar-refractivity contribution is 5.63. The molecule has 1 unspecified atom stereocenters. The molecule has 1 amide bonds. The van der Waals surface area contributed by atoms with E-state index in [2.05, 4.69) is 28.0 Å². The Morgan fingerprint density at radius 2 is 1.73 bits per heavy atom. The molecule has 1 saturated heterocycles. The molecule has 0 radical (unpaired) electrons.